The number of rotatable bonds is 1. The maximum Gasteiger partial charge on any atom is 1.00 e. The first-order valence-electron chi connectivity index (χ1n) is 1.58. The van der Waals surface area contributed by atoms with Crippen LogP contribution in [-0.2, 0) is 0 Å². The van der Waals surface area contributed by atoms with Gasteiger partial charge in [-0.05, 0) is 0 Å². The van der Waals surface area contributed by atoms with Crippen LogP contribution in [-0.4, -0.2) is 0 Å². The fourth-order valence-corrected chi connectivity index (χ4v) is 0.111. The molecule has 1 heteroatoms. The fraction of sp³-hybridized carbons (Fsp3) is 0.200. The Labute approximate surface area is 51.1 Å². The van der Waals surface area contributed by atoms with E-state index in [1.165, 1.54) is 6.08 Å². The predicted molar refractivity (Wildman–Crippen MR) is 23.7 cm³/mol. The molecule has 0 aliphatic carbocycles. The predicted octanol–water partition coefficient (Wildman–Crippen LogP) is -1.44. The van der Waals surface area contributed by atoms with E-state index in [1.807, 2.05) is 13.0 Å². The molecule has 0 nitrogen and oxygen atoms in total. The second kappa shape index (κ2) is 8.91. The van der Waals surface area contributed by atoms with Crippen molar-refractivity contribution in [1.82, 2.24) is 0 Å². The Balaban J connectivity index is 0. The summed E-state index contributed by atoms with van der Waals surface area (Å²) in [5.41, 5.74) is 0. The minimum absolute atomic E-state index is 0. The third-order valence-electron chi connectivity index (χ3n) is 0.304. The molecule has 0 rings (SSSR count). The van der Waals surface area contributed by atoms with Gasteiger partial charge in [-0.2, -0.15) is 6.08 Å². The summed E-state index contributed by atoms with van der Waals surface area (Å²) >= 11 is 0. The Morgan fingerprint density at radius 1 is 1.50 bits per heavy atom. The Hall–Kier alpha value is 0.0774. The summed E-state index contributed by atoms with van der Waals surface area (Å²) < 4.78 is 0. The van der Waals surface area contributed by atoms with E-state index in [2.05, 4.69) is 0 Å². The van der Waals surface area contributed by atoms with Gasteiger partial charge in [0.05, 0.1) is 0 Å². The van der Waals surface area contributed by atoms with Gasteiger partial charge in [0, 0.05) is 0 Å². The molecule has 0 N–H and O–H groups in total. The van der Waals surface area contributed by atoms with Gasteiger partial charge in [0.15, 0.2) is 0 Å². The van der Waals surface area contributed by atoms with Crippen LogP contribution in [0.5, 0.6) is 0 Å². The van der Waals surface area contributed by atoms with Gasteiger partial charge in [0.1, 0.15) is 0 Å². The molecular formula is C5H7Li. The molecule has 28 valence electrons. The molecule has 0 fully saturated rings. The Morgan fingerprint density at radius 3 is 2.00 bits per heavy atom. The van der Waals surface area contributed by atoms with Gasteiger partial charge >= 0.3 is 18.9 Å². The SMILES string of the molecule is [CH-]=CC=CC.[Li+]. The third-order valence-corrected chi connectivity index (χ3v) is 0.304. The smallest absolute Gasteiger partial charge is 0.293 e. The normalized spacial score (nSPS) is 7.50. The van der Waals surface area contributed by atoms with E-state index < -0.39 is 0 Å². The molecule has 0 aromatic rings. The molecule has 0 amide bonds. The molecule has 0 aliphatic heterocycles. The van der Waals surface area contributed by atoms with Gasteiger partial charge < -0.3 is 0 Å². The largest absolute Gasteiger partial charge is 1.00 e. The van der Waals surface area contributed by atoms with E-state index in [9.17, 15) is 0 Å². The minimum atomic E-state index is 0. The quantitative estimate of drug-likeness (QED) is 0.203. The molecule has 0 aliphatic rings. The maximum absolute atomic E-state index is 4.93. The first-order valence-corrected chi connectivity index (χ1v) is 1.58. The van der Waals surface area contributed by atoms with E-state index in [-0.39, 0.29) is 18.9 Å². The number of hydrogen-bond donors (Lipinski definition) is 0. The van der Waals surface area contributed by atoms with Crippen molar-refractivity contribution in [2.75, 3.05) is 0 Å². The summed E-state index contributed by atoms with van der Waals surface area (Å²) in [6.45, 7) is 6.85. The molecule has 0 saturated carbocycles. The van der Waals surface area contributed by atoms with Crippen molar-refractivity contribution in [3.05, 3.63) is 24.8 Å². The monoisotopic (exact) mass is 74.1 g/mol. The van der Waals surface area contributed by atoms with Crippen molar-refractivity contribution in [3.63, 3.8) is 0 Å². The van der Waals surface area contributed by atoms with Gasteiger partial charge in [-0.1, -0.05) is 6.92 Å². The zero-order chi connectivity index (χ0) is 4.12. The molecule has 0 aromatic heterocycles. The van der Waals surface area contributed by atoms with Crippen molar-refractivity contribution in [1.29, 1.82) is 0 Å². The van der Waals surface area contributed by atoms with Crippen LogP contribution >= 0.6 is 0 Å². The van der Waals surface area contributed by atoms with Crippen LogP contribution in [0.4, 0.5) is 0 Å². The van der Waals surface area contributed by atoms with Gasteiger partial charge in [-0.25, -0.2) is 12.2 Å². The molecule has 0 unspecified atom stereocenters. The van der Waals surface area contributed by atoms with E-state index >= 15 is 0 Å². The van der Waals surface area contributed by atoms with E-state index in [0.717, 1.165) is 0 Å². The van der Waals surface area contributed by atoms with Crippen LogP contribution in [0, 0.1) is 6.58 Å². The summed E-state index contributed by atoms with van der Waals surface area (Å²) in [7, 11) is 0. The minimum Gasteiger partial charge on any atom is -0.293 e. The van der Waals surface area contributed by atoms with Crippen LogP contribution < -0.4 is 18.9 Å². The zero-order valence-corrected chi connectivity index (χ0v) is 4.31. The molecule has 0 saturated heterocycles. The molecule has 0 radical (unpaired) electrons. The Bertz CT molecular complexity index is 45.9. The van der Waals surface area contributed by atoms with Crippen LogP contribution in [0.2, 0.25) is 0 Å². The molecule has 0 spiro atoms. The van der Waals surface area contributed by atoms with Gasteiger partial charge in [0.2, 0.25) is 0 Å². The van der Waals surface area contributed by atoms with Gasteiger partial charge in [-0.3, -0.25) is 6.58 Å². The third kappa shape index (κ3) is 8.95. The van der Waals surface area contributed by atoms with E-state index in [1.54, 1.807) is 6.08 Å². The van der Waals surface area contributed by atoms with Crippen molar-refractivity contribution >= 4 is 0 Å². The molecule has 0 heterocycles. The van der Waals surface area contributed by atoms with Crippen molar-refractivity contribution in [3.8, 4) is 0 Å². The zero-order valence-electron chi connectivity index (χ0n) is 4.31. The average Bonchev–Trinajstić information content (AvgIpc) is 1.41. The van der Waals surface area contributed by atoms with Crippen molar-refractivity contribution < 1.29 is 18.9 Å². The van der Waals surface area contributed by atoms with Crippen molar-refractivity contribution in [2.24, 2.45) is 0 Å². The van der Waals surface area contributed by atoms with Gasteiger partial charge in [0.25, 0.3) is 0 Å². The second-order valence-electron chi connectivity index (χ2n) is 0.718. The van der Waals surface area contributed by atoms with Crippen LogP contribution in [0.3, 0.4) is 0 Å². The maximum atomic E-state index is 4.93. The van der Waals surface area contributed by atoms with Crippen LogP contribution in [0.25, 0.3) is 0 Å². The first-order chi connectivity index (χ1) is 2.41. The summed E-state index contributed by atoms with van der Waals surface area (Å²) in [6.07, 6.45) is 5.15. The molecule has 0 aromatic carbocycles. The molecule has 0 atom stereocenters. The Morgan fingerprint density at radius 2 is 2.00 bits per heavy atom. The summed E-state index contributed by atoms with van der Waals surface area (Å²) in [4.78, 5) is 0. The first kappa shape index (κ1) is 9.42. The number of allylic oxidation sites excluding steroid dienone is 3. The van der Waals surface area contributed by atoms with E-state index in [0.29, 0.717) is 0 Å². The van der Waals surface area contributed by atoms with Crippen LogP contribution in [0.15, 0.2) is 18.2 Å². The van der Waals surface area contributed by atoms with Gasteiger partial charge in [-0.15, -0.1) is 0 Å². The second-order valence-corrected chi connectivity index (χ2v) is 0.718. The van der Waals surface area contributed by atoms with Crippen LogP contribution in [0.1, 0.15) is 6.92 Å². The summed E-state index contributed by atoms with van der Waals surface area (Å²) in [5.74, 6) is 0. The Kier molecular flexibility index (Phi) is 14.0. The van der Waals surface area contributed by atoms with Crippen molar-refractivity contribution in [2.45, 2.75) is 6.92 Å². The average molecular weight is 74.1 g/mol. The molecular weight excluding hydrogens is 67.0 g/mol. The topological polar surface area (TPSA) is 0 Å². The molecule has 0 bridgehead atoms. The fourth-order valence-electron chi connectivity index (χ4n) is 0.111. The summed E-state index contributed by atoms with van der Waals surface area (Å²) in [6, 6.07) is 0. The standard InChI is InChI=1S/C5H7.Li/c1-3-5-4-2;/h1,3-5H,2H3;/q-1;+1. The van der Waals surface area contributed by atoms with E-state index in [4.69, 9.17) is 6.58 Å². The number of hydrogen-bond acceptors (Lipinski definition) is 0. The summed E-state index contributed by atoms with van der Waals surface area (Å²) in [5, 5.41) is 0. The molecule has 6 heavy (non-hydrogen) atoms.